The molecule has 2 aromatic carbocycles. The number of anilines is 2. The fraction of sp³-hybridized carbons (Fsp3) is 0.674. The van der Waals surface area contributed by atoms with Gasteiger partial charge in [0, 0.05) is 41.3 Å². The number of methoxy groups -OCH3 is 1. The summed E-state index contributed by atoms with van der Waals surface area (Å²) in [4.78, 5) is 35.0. The van der Waals surface area contributed by atoms with Crippen LogP contribution < -0.4 is 10.2 Å². The molecule has 6 spiro atoms. The third-order valence-corrected chi connectivity index (χ3v) is 18.2. The van der Waals surface area contributed by atoms with Crippen LogP contribution in [0.1, 0.15) is 99.3 Å². The van der Waals surface area contributed by atoms with Crippen LogP contribution >= 0.6 is 0 Å². The van der Waals surface area contributed by atoms with E-state index in [4.69, 9.17) is 4.74 Å². The number of nitrogens with one attached hydrogen (secondary N) is 1. The number of ether oxygens (including phenoxy) is 1. The summed E-state index contributed by atoms with van der Waals surface area (Å²) in [6, 6.07) is 15.3. The molecule has 0 aromatic heterocycles. The van der Waals surface area contributed by atoms with Gasteiger partial charge in [0.25, 0.3) is 0 Å². The molecule has 6 heterocycles. The summed E-state index contributed by atoms with van der Waals surface area (Å²) in [5, 5.41) is 14.7. The standard InChI is InChI=1S/C43H52N4O4/c1-45-33-8-6-27(23-29(33)41-16-20-47-18-4-10-39(37(41)47)12-14-43(41,45)31(25-39)35(50)51-2)21-26-5-7-32-28(22-26)40-15-19-46-17-3-9-38(36(40)46)11-13-42(40,44-32)30(24-38)34(48)49/h5-8,22-23,30-31,36-37,44H,3-4,9-21,24-25H2,1-2H3,(H,48,49)/t30?,31-,36+,37+,38-,39-,40-,41+,42-,43-/m1/s1. The quantitative estimate of drug-likeness (QED) is 0.396. The summed E-state index contributed by atoms with van der Waals surface area (Å²) in [5.74, 6) is -1.05. The number of carbonyl (C=O) groups is 2. The Balaban J connectivity index is 0.966. The fourth-order valence-electron chi connectivity index (χ4n) is 17.1. The predicted octanol–water partition coefficient (Wildman–Crippen LogP) is 5.70. The number of likely N-dealkylation sites (N-methyl/N-ethyl adjacent to an activating group) is 1. The topological polar surface area (TPSA) is 85.3 Å². The highest BCUT2D eigenvalue weighted by Crippen LogP contribution is 2.77. The minimum absolute atomic E-state index is 0.00789. The number of fused-ring (bicyclic) bond motifs is 6. The van der Waals surface area contributed by atoms with Gasteiger partial charge in [0.05, 0.1) is 30.0 Å². The van der Waals surface area contributed by atoms with Crippen molar-refractivity contribution in [1.82, 2.24) is 9.80 Å². The van der Waals surface area contributed by atoms with Crippen LogP contribution in [0.4, 0.5) is 11.4 Å². The van der Waals surface area contributed by atoms with E-state index in [1.807, 2.05) is 0 Å². The Labute approximate surface area is 301 Å². The maximum atomic E-state index is 13.8. The second kappa shape index (κ2) is 9.33. The maximum Gasteiger partial charge on any atom is 0.311 e. The fourth-order valence-corrected chi connectivity index (χ4v) is 17.1. The van der Waals surface area contributed by atoms with Crippen molar-refractivity contribution in [2.45, 2.75) is 117 Å². The Morgan fingerprint density at radius 1 is 0.784 bits per heavy atom. The lowest BCUT2D eigenvalue weighted by Crippen LogP contribution is -2.78. The first-order valence-corrected chi connectivity index (χ1v) is 20.3. The van der Waals surface area contributed by atoms with Crippen molar-refractivity contribution in [3.05, 3.63) is 58.7 Å². The Kier molecular flexibility index (Phi) is 5.56. The molecule has 2 N–H and O–H groups in total. The summed E-state index contributed by atoms with van der Waals surface area (Å²) >= 11 is 0. The molecule has 14 rings (SSSR count). The first-order valence-electron chi connectivity index (χ1n) is 20.3. The second-order valence-corrected chi connectivity index (χ2v) is 19.1. The third-order valence-electron chi connectivity index (χ3n) is 18.2. The van der Waals surface area contributed by atoms with Gasteiger partial charge >= 0.3 is 11.9 Å². The van der Waals surface area contributed by atoms with Crippen molar-refractivity contribution in [3.63, 3.8) is 0 Å². The van der Waals surface area contributed by atoms with Crippen molar-refractivity contribution in [2.75, 3.05) is 50.6 Å². The zero-order chi connectivity index (χ0) is 34.3. The highest BCUT2D eigenvalue weighted by atomic mass is 16.5. The average Bonchev–Trinajstić information content (AvgIpc) is 3.88. The average molecular weight is 689 g/mol. The molecule has 51 heavy (non-hydrogen) atoms. The number of carbonyl (C=O) groups excluding carboxylic acids is 1. The van der Waals surface area contributed by atoms with Gasteiger partial charge in [-0.05, 0) is 155 Å². The van der Waals surface area contributed by atoms with Crippen LogP contribution in [0.2, 0.25) is 0 Å². The highest BCUT2D eigenvalue weighted by Gasteiger charge is 2.81. The largest absolute Gasteiger partial charge is 0.481 e. The number of aliphatic carboxylic acids is 1. The highest BCUT2D eigenvalue weighted by molar-refractivity contribution is 5.82. The number of carboxylic acids is 1. The number of hydrogen-bond acceptors (Lipinski definition) is 7. The molecule has 2 aromatic rings. The van der Waals surface area contributed by atoms with Crippen LogP contribution in [0.3, 0.4) is 0 Å². The predicted molar refractivity (Wildman–Crippen MR) is 194 cm³/mol. The van der Waals surface area contributed by atoms with Crippen molar-refractivity contribution < 1.29 is 19.4 Å². The SMILES string of the molecule is COC(=O)[C@H]1C[C@@]23CCCN4CC[C@]5(c6cc(Cc7ccc8c(c7)[C@@]79CCN%10CCC[C@]%11(CC[C@@]7(N8)C(C(=O)O)C%11)[C@H]%109)ccc6N(C)[C@]15CC2)[C@@H]43. The molecule has 4 bridgehead atoms. The van der Waals surface area contributed by atoms with Gasteiger partial charge in [0.1, 0.15) is 0 Å². The summed E-state index contributed by atoms with van der Waals surface area (Å²) in [6.07, 6.45) is 14.0. The van der Waals surface area contributed by atoms with Gasteiger partial charge in [0.15, 0.2) is 0 Å². The molecule has 12 aliphatic rings. The van der Waals surface area contributed by atoms with Crippen LogP contribution in [0.25, 0.3) is 0 Å². The third kappa shape index (κ3) is 3.06. The molecule has 10 atom stereocenters. The molecule has 6 aliphatic carbocycles. The Bertz CT molecular complexity index is 1950. The van der Waals surface area contributed by atoms with Gasteiger partial charge in [-0.1, -0.05) is 24.3 Å². The molecule has 6 aliphatic heterocycles. The molecule has 8 nitrogen and oxygen atoms in total. The monoisotopic (exact) mass is 688 g/mol. The van der Waals surface area contributed by atoms with Gasteiger partial charge in [-0.15, -0.1) is 0 Å². The van der Waals surface area contributed by atoms with E-state index in [1.54, 1.807) is 7.11 Å². The number of carboxylic acid groups (broad SMARTS) is 1. The molecule has 4 saturated heterocycles. The minimum atomic E-state index is -0.604. The van der Waals surface area contributed by atoms with Crippen LogP contribution in [0, 0.1) is 22.7 Å². The van der Waals surface area contributed by atoms with Gasteiger partial charge in [0.2, 0.25) is 0 Å². The zero-order valence-corrected chi connectivity index (χ0v) is 30.3. The summed E-state index contributed by atoms with van der Waals surface area (Å²) in [6.45, 7) is 4.54. The molecule has 0 radical (unpaired) electrons. The van der Waals surface area contributed by atoms with Crippen LogP contribution in [0.5, 0.6) is 0 Å². The number of piperidine rings is 2. The molecule has 8 heteroatoms. The molecule has 1 unspecified atom stereocenters. The lowest BCUT2D eigenvalue weighted by Gasteiger charge is -2.70. The molecular formula is C43H52N4O4. The van der Waals surface area contributed by atoms with E-state index in [2.05, 4.69) is 63.5 Å². The van der Waals surface area contributed by atoms with E-state index in [9.17, 15) is 14.7 Å². The molecule has 6 saturated carbocycles. The minimum Gasteiger partial charge on any atom is -0.481 e. The van der Waals surface area contributed by atoms with Crippen molar-refractivity contribution in [1.29, 1.82) is 0 Å². The smallest absolute Gasteiger partial charge is 0.311 e. The molecule has 0 amide bonds. The van der Waals surface area contributed by atoms with E-state index in [-0.39, 0.29) is 45.0 Å². The first-order chi connectivity index (χ1) is 24.7. The van der Waals surface area contributed by atoms with E-state index in [0.29, 0.717) is 12.1 Å². The van der Waals surface area contributed by atoms with E-state index < -0.39 is 11.5 Å². The number of esters is 1. The van der Waals surface area contributed by atoms with E-state index in [0.717, 1.165) is 71.0 Å². The number of nitrogens with zero attached hydrogens (tertiary/aromatic N) is 3. The van der Waals surface area contributed by atoms with Crippen LogP contribution in [-0.2, 0) is 31.6 Å². The number of hydrogen-bond donors (Lipinski definition) is 2. The molecule has 10 fully saturated rings. The summed E-state index contributed by atoms with van der Waals surface area (Å²) in [5.41, 5.74) is 7.55. The van der Waals surface area contributed by atoms with Crippen molar-refractivity contribution in [2.24, 2.45) is 22.7 Å². The lowest BCUT2D eigenvalue weighted by atomic mass is 9.38. The molecule has 268 valence electrons. The molecular weight excluding hydrogens is 636 g/mol. The van der Waals surface area contributed by atoms with Crippen molar-refractivity contribution >= 4 is 23.3 Å². The summed E-state index contributed by atoms with van der Waals surface area (Å²) < 4.78 is 5.62. The van der Waals surface area contributed by atoms with Crippen LogP contribution in [0.15, 0.2) is 36.4 Å². The second-order valence-electron chi connectivity index (χ2n) is 19.1. The lowest BCUT2D eigenvalue weighted by molar-refractivity contribution is -0.174. The first kappa shape index (κ1) is 30.4. The maximum absolute atomic E-state index is 13.8. The van der Waals surface area contributed by atoms with Gasteiger partial charge in [-0.2, -0.15) is 0 Å². The zero-order valence-electron chi connectivity index (χ0n) is 30.3. The summed E-state index contributed by atoms with van der Waals surface area (Å²) in [7, 11) is 3.87. The van der Waals surface area contributed by atoms with Gasteiger partial charge in [-0.3, -0.25) is 19.4 Å². The van der Waals surface area contributed by atoms with Gasteiger partial charge in [-0.25, -0.2) is 0 Å². The normalized spacial score (nSPS) is 46.1. The Hall–Kier alpha value is -3.10. The van der Waals surface area contributed by atoms with Crippen LogP contribution in [-0.4, -0.2) is 90.3 Å². The Morgan fingerprint density at radius 2 is 1.43 bits per heavy atom. The van der Waals surface area contributed by atoms with E-state index in [1.165, 1.54) is 72.3 Å². The number of rotatable bonds is 4. The van der Waals surface area contributed by atoms with E-state index >= 15 is 0 Å². The van der Waals surface area contributed by atoms with Crippen molar-refractivity contribution in [3.8, 4) is 0 Å². The Morgan fingerprint density at radius 3 is 2.16 bits per heavy atom. The van der Waals surface area contributed by atoms with Gasteiger partial charge < -0.3 is 20.1 Å². The number of benzene rings is 2.